The van der Waals surface area contributed by atoms with Crippen molar-refractivity contribution in [3.05, 3.63) is 28.8 Å². The minimum absolute atomic E-state index is 0.0506. The molecule has 0 radical (unpaired) electrons. The maximum atomic E-state index is 11.5. The first-order valence-electron chi connectivity index (χ1n) is 7.20. The monoisotopic (exact) mass is 276 g/mol. The summed E-state index contributed by atoms with van der Waals surface area (Å²) in [5.41, 5.74) is 3.93. The van der Waals surface area contributed by atoms with Crippen LogP contribution in [-0.2, 0) is 9.53 Å². The van der Waals surface area contributed by atoms with Crippen LogP contribution in [0.25, 0.3) is 0 Å². The van der Waals surface area contributed by atoms with Crippen molar-refractivity contribution in [1.82, 2.24) is 0 Å². The Hall–Kier alpha value is -1.51. The highest BCUT2D eigenvalue weighted by molar-refractivity contribution is 5.75. The molecular formula is C17H24O3. The number of hydrogen-bond donors (Lipinski definition) is 0. The normalized spacial score (nSPS) is 22.2. The van der Waals surface area contributed by atoms with Crippen LogP contribution in [0.1, 0.15) is 42.4 Å². The van der Waals surface area contributed by atoms with E-state index in [0.717, 1.165) is 18.6 Å². The van der Waals surface area contributed by atoms with Gasteiger partial charge in [0.2, 0.25) is 0 Å². The van der Waals surface area contributed by atoms with Crippen LogP contribution in [0.2, 0.25) is 0 Å². The van der Waals surface area contributed by atoms with Crippen molar-refractivity contribution in [1.29, 1.82) is 0 Å². The van der Waals surface area contributed by atoms with E-state index in [2.05, 4.69) is 32.9 Å². The summed E-state index contributed by atoms with van der Waals surface area (Å²) in [4.78, 5) is 11.5. The highest BCUT2D eigenvalue weighted by Crippen LogP contribution is 2.46. The smallest absolute Gasteiger partial charge is 0.308 e. The lowest BCUT2D eigenvalue weighted by atomic mass is 9.88. The first kappa shape index (κ1) is 14.9. The van der Waals surface area contributed by atoms with E-state index in [-0.39, 0.29) is 11.9 Å². The first-order chi connectivity index (χ1) is 9.47. The molecule has 20 heavy (non-hydrogen) atoms. The summed E-state index contributed by atoms with van der Waals surface area (Å²) in [6.45, 7) is 6.51. The number of benzene rings is 1. The number of methoxy groups -OCH3 is 2. The Labute approximate surface area is 121 Å². The maximum Gasteiger partial charge on any atom is 0.308 e. The molecule has 0 spiro atoms. The molecule has 0 aromatic heterocycles. The summed E-state index contributed by atoms with van der Waals surface area (Å²) in [5.74, 6) is 1.93. The largest absolute Gasteiger partial charge is 0.497 e. The highest BCUT2D eigenvalue weighted by atomic mass is 16.5. The van der Waals surface area contributed by atoms with E-state index in [0.29, 0.717) is 11.8 Å². The van der Waals surface area contributed by atoms with Crippen LogP contribution in [0, 0.1) is 25.7 Å². The third kappa shape index (κ3) is 2.97. The molecule has 1 aromatic rings. The number of ether oxygens (including phenoxy) is 2. The number of rotatable bonds is 5. The Morgan fingerprint density at radius 2 is 1.90 bits per heavy atom. The molecule has 1 fully saturated rings. The van der Waals surface area contributed by atoms with Gasteiger partial charge in [-0.1, -0.05) is 6.92 Å². The van der Waals surface area contributed by atoms with Gasteiger partial charge in [0, 0.05) is 0 Å². The molecule has 0 amide bonds. The first-order valence-corrected chi connectivity index (χ1v) is 7.20. The average molecular weight is 276 g/mol. The topological polar surface area (TPSA) is 35.5 Å². The van der Waals surface area contributed by atoms with Crippen molar-refractivity contribution in [2.45, 2.75) is 39.5 Å². The van der Waals surface area contributed by atoms with Gasteiger partial charge in [-0.05, 0) is 67.3 Å². The van der Waals surface area contributed by atoms with Crippen molar-refractivity contribution in [3.8, 4) is 5.75 Å². The van der Waals surface area contributed by atoms with Crippen LogP contribution < -0.4 is 4.74 Å². The lowest BCUT2D eigenvalue weighted by molar-refractivity contribution is -0.142. The molecule has 110 valence electrons. The summed E-state index contributed by atoms with van der Waals surface area (Å²) >= 11 is 0. The van der Waals surface area contributed by atoms with Crippen LogP contribution >= 0.6 is 0 Å². The van der Waals surface area contributed by atoms with Crippen molar-refractivity contribution in [2.75, 3.05) is 14.2 Å². The third-order valence-electron chi connectivity index (χ3n) is 4.38. The van der Waals surface area contributed by atoms with Crippen molar-refractivity contribution < 1.29 is 14.3 Å². The zero-order valence-electron chi connectivity index (χ0n) is 13.0. The number of hydrogen-bond acceptors (Lipinski definition) is 3. The van der Waals surface area contributed by atoms with Gasteiger partial charge in [0.25, 0.3) is 0 Å². The fourth-order valence-electron chi connectivity index (χ4n) is 3.35. The Bertz CT molecular complexity index is 484. The van der Waals surface area contributed by atoms with E-state index < -0.39 is 0 Å². The van der Waals surface area contributed by atoms with E-state index in [1.807, 2.05) is 0 Å². The summed E-state index contributed by atoms with van der Waals surface area (Å²) < 4.78 is 10.1. The van der Waals surface area contributed by atoms with Gasteiger partial charge in [0.15, 0.2) is 0 Å². The quantitative estimate of drug-likeness (QED) is 0.771. The predicted octanol–water partition coefficient (Wildman–Crippen LogP) is 3.61. The number of aryl methyl sites for hydroxylation is 2. The van der Waals surface area contributed by atoms with Gasteiger partial charge in [-0.3, -0.25) is 4.79 Å². The summed E-state index contributed by atoms with van der Waals surface area (Å²) in [5, 5.41) is 0. The van der Waals surface area contributed by atoms with Gasteiger partial charge >= 0.3 is 5.97 Å². The zero-order valence-corrected chi connectivity index (χ0v) is 13.0. The van der Waals surface area contributed by atoms with Gasteiger partial charge in [0.05, 0.1) is 20.1 Å². The third-order valence-corrected chi connectivity index (χ3v) is 4.38. The minimum atomic E-state index is -0.0506. The molecule has 3 nitrogen and oxygen atoms in total. The van der Waals surface area contributed by atoms with Crippen LogP contribution in [0.3, 0.4) is 0 Å². The van der Waals surface area contributed by atoms with Crippen molar-refractivity contribution in [2.24, 2.45) is 11.8 Å². The summed E-state index contributed by atoms with van der Waals surface area (Å²) in [6, 6.07) is 4.17. The van der Waals surface area contributed by atoms with Crippen molar-refractivity contribution in [3.63, 3.8) is 0 Å². The zero-order chi connectivity index (χ0) is 14.9. The standard InChI is InChI=1S/C17H24O3/c1-10(6-13-9-15(13)17(18)20-5)16-11(2)7-14(19-4)8-12(16)3/h7-8,10,13,15H,6,9H2,1-5H3. The molecule has 0 aliphatic heterocycles. The lowest BCUT2D eigenvalue weighted by Gasteiger charge is -2.18. The van der Waals surface area contributed by atoms with Crippen LogP contribution in [0.4, 0.5) is 0 Å². The Morgan fingerprint density at radius 1 is 1.30 bits per heavy atom. The molecule has 1 saturated carbocycles. The minimum Gasteiger partial charge on any atom is -0.497 e. The van der Waals surface area contributed by atoms with E-state index >= 15 is 0 Å². The molecule has 0 bridgehead atoms. The second-order valence-corrected chi connectivity index (χ2v) is 5.94. The molecule has 1 aromatic carbocycles. The molecule has 3 unspecified atom stereocenters. The molecule has 0 N–H and O–H groups in total. The van der Waals surface area contributed by atoms with Crippen LogP contribution in [0.5, 0.6) is 5.75 Å². The van der Waals surface area contributed by atoms with Gasteiger partial charge in [-0.2, -0.15) is 0 Å². The fourth-order valence-corrected chi connectivity index (χ4v) is 3.35. The average Bonchev–Trinajstić information content (AvgIpc) is 3.15. The molecule has 1 aliphatic carbocycles. The van der Waals surface area contributed by atoms with Crippen molar-refractivity contribution >= 4 is 5.97 Å². The number of esters is 1. The number of carbonyl (C=O) groups is 1. The fraction of sp³-hybridized carbons (Fsp3) is 0.588. The summed E-state index contributed by atoms with van der Waals surface area (Å²) in [7, 11) is 3.17. The van der Waals surface area contributed by atoms with Crippen LogP contribution in [-0.4, -0.2) is 20.2 Å². The SMILES string of the molecule is COC(=O)C1CC1CC(C)c1c(C)cc(OC)cc1C. The lowest BCUT2D eigenvalue weighted by Crippen LogP contribution is -2.07. The Balaban J connectivity index is 2.07. The van der Waals surface area contributed by atoms with Gasteiger partial charge in [-0.25, -0.2) is 0 Å². The number of carbonyl (C=O) groups excluding carboxylic acids is 1. The van der Waals surface area contributed by atoms with E-state index in [4.69, 9.17) is 9.47 Å². The van der Waals surface area contributed by atoms with E-state index in [1.165, 1.54) is 23.8 Å². The molecule has 2 rings (SSSR count). The van der Waals surface area contributed by atoms with Gasteiger partial charge < -0.3 is 9.47 Å². The predicted molar refractivity (Wildman–Crippen MR) is 79.1 cm³/mol. The van der Waals surface area contributed by atoms with Gasteiger partial charge in [0.1, 0.15) is 5.75 Å². The molecular weight excluding hydrogens is 252 g/mol. The van der Waals surface area contributed by atoms with E-state index in [9.17, 15) is 4.79 Å². The molecule has 1 aliphatic rings. The second-order valence-electron chi connectivity index (χ2n) is 5.94. The van der Waals surface area contributed by atoms with Gasteiger partial charge in [-0.15, -0.1) is 0 Å². The maximum absolute atomic E-state index is 11.5. The molecule has 3 heteroatoms. The second kappa shape index (κ2) is 5.86. The Kier molecular flexibility index (Phi) is 4.36. The molecule has 0 heterocycles. The Morgan fingerprint density at radius 3 is 2.40 bits per heavy atom. The summed E-state index contributed by atoms with van der Waals surface area (Å²) in [6.07, 6.45) is 2.03. The van der Waals surface area contributed by atoms with E-state index in [1.54, 1.807) is 7.11 Å². The molecule has 0 saturated heterocycles. The highest BCUT2D eigenvalue weighted by Gasteiger charge is 2.44. The molecule has 3 atom stereocenters. The van der Waals surface area contributed by atoms with Crippen LogP contribution in [0.15, 0.2) is 12.1 Å².